The summed E-state index contributed by atoms with van der Waals surface area (Å²) in [5.74, 6) is 0.262. The third-order valence-corrected chi connectivity index (χ3v) is 2.59. The van der Waals surface area contributed by atoms with E-state index in [-0.39, 0.29) is 5.92 Å². The largest absolute Gasteiger partial charge is 0.385 e. The van der Waals surface area contributed by atoms with Crippen molar-refractivity contribution in [3.05, 3.63) is 23.8 Å². The van der Waals surface area contributed by atoms with Crippen LogP contribution in [0.25, 0.3) is 0 Å². The monoisotopic (exact) mass is 152 g/mol. The Kier molecular flexibility index (Phi) is 2.19. The molecule has 0 fully saturated rings. The van der Waals surface area contributed by atoms with E-state index in [1.54, 1.807) is 0 Å². The Labute approximate surface area is 68.4 Å². The van der Waals surface area contributed by atoms with Crippen LogP contribution in [0.4, 0.5) is 0 Å². The molecule has 1 rings (SSSR count). The van der Waals surface area contributed by atoms with Gasteiger partial charge in [-0.1, -0.05) is 37.6 Å². The van der Waals surface area contributed by atoms with E-state index in [0.29, 0.717) is 0 Å². The molecule has 0 heterocycles. The molecule has 0 spiro atoms. The second kappa shape index (κ2) is 2.82. The first kappa shape index (κ1) is 8.54. The molecule has 0 aliphatic heterocycles. The van der Waals surface area contributed by atoms with Gasteiger partial charge in [0.2, 0.25) is 0 Å². The average Bonchev–Trinajstić information content (AvgIpc) is 1.95. The maximum Gasteiger partial charge on any atom is 0.0865 e. The molecule has 1 nitrogen and oxygen atoms in total. The molecule has 2 unspecified atom stereocenters. The van der Waals surface area contributed by atoms with Crippen molar-refractivity contribution in [3.8, 4) is 0 Å². The maximum absolute atomic E-state index is 9.82. The van der Waals surface area contributed by atoms with Crippen LogP contribution in [0.3, 0.4) is 0 Å². The average molecular weight is 152 g/mol. The molecule has 62 valence electrons. The molecule has 1 heteroatoms. The normalized spacial score (nSPS) is 37.1. The third kappa shape index (κ3) is 1.54. The van der Waals surface area contributed by atoms with Crippen LogP contribution < -0.4 is 0 Å². The highest BCUT2D eigenvalue weighted by Gasteiger charge is 2.28. The Balaban J connectivity index is 2.86. The van der Waals surface area contributed by atoms with Gasteiger partial charge in [0, 0.05) is 5.92 Å². The van der Waals surface area contributed by atoms with Crippen LogP contribution in [0, 0.1) is 5.92 Å². The highest BCUT2D eigenvalue weighted by atomic mass is 16.3. The van der Waals surface area contributed by atoms with Crippen molar-refractivity contribution < 1.29 is 5.11 Å². The van der Waals surface area contributed by atoms with Gasteiger partial charge in [-0.15, -0.1) is 0 Å². The summed E-state index contributed by atoms with van der Waals surface area (Å²) in [6.45, 7) is 6.05. The van der Waals surface area contributed by atoms with Crippen LogP contribution in [0.1, 0.15) is 27.2 Å². The van der Waals surface area contributed by atoms with E-state index in [1.165, 1.54) is 5.57 Å². The topological polar surface area (TPSA) is 20.2 Å². The molecule has 0 radical (unpaired) electrons. The van der Waals surface area contributed by atoms with Crippen molar-refractivity contribution in [3.63, 3.8) is 0 Å². The van der Waals surface area contributed by atoms with Crippen molar-refractivity contribution in [1.82, 2.24) is 0 Å². The van der Waals surface area contributed by atoms with Crippen molar-refractivity contribution in [2.24, 2.45) is 5.92 Å². The highest BCUT2D eigenvalue weighted by Crippen LogP contribution is 2.30. The van der Waals surface area contributed by atoms with Crippen LogP contribution in [-0.2, 0) is 0 Å². The van der Waals surface area contributed by atoms with Gasteiger partial charge < -0.3 is 5.11 Å². The predicted octanol–water partition coefficient (Wildman–Crippen LogP) is 2.28. The zero-order valence-electron chi connectivity index (χ0n) is 7.46. The fraction of sp³-hybridized carbons (Fsp3) is 0.600. The quantitative estimate of drug-likeness (QED) is 0.611. The van der Waals surface area contributed by atoms with Gasteiger partial charge in [0.25, 0.3) is 0 Å². The molecule has 0 bridgehead atoms. The van der Waals surface area contributed by atoms with Crippen molar-refractivity contribution in [1.29, 1.82) is 0 Å². The first-order valence-electron chi connectivity index (χ1n) is 4.18. The molecular formula is C10H16O. The summed E-state index contributed by atoms with van der Waals surface area (Å²) in [5, 5.41) is 9.82. The lowest BCUT2D eigenvalue weighted by atomic mass is 9.80. The maximum atomic E-state index is 9.82. The van der Waals surface area contributed by atoms with Crippen molar-refractivity contribution >= 4 is 0 Å². The van der Waals surface area contributed by atoms with Crippen LogP contribution in [0.15, 0.2) is 23.8 Å². The number of hydrogen-bond acceptors (Lipinski definition) is 1. The lowest BCUT2D eigenvalue weighted by Crippen LogP contribution is -2.32. The molecule has 0 saturated heterocycles. The molecule has 1 N–H and O–H groups in total. The molecular weight excluding hydrogens is 136 g/mol. The molecule has 2 atom stereocenters. The van der Waals surface area contributed by atoms with E-state index in [2.05, 4.69) is 19.9 Å². The standard InChI is InChI=1S/C10H16O/c1-4-9-6-5-7-10(3,11)8(9)2/h5-8,11H,4H2,1-3H3. The zero-order valence-corrected chi connectivity index (χ0v) is 7.46. The summed E-state index contributed by atoms with van der Waals surface area (Å²) < 4.78 is 0. The molecule has 0 aromatic heterocycles. The predicted molar refractivity (Wildman–Crippen MR) is 47.3 cm³/mol. The summed E-state index contributed by atoms with van der Waals surface area (Å²) in [6.07, 6.45) is 6.93. The Hall–Kier alpha value is -0.560. The van der Waals surface area contributed by atoms with Gasteiger partial charge in [-0.2, -0.15) is 0 Å². The van der Waals surface area contributed by atoms with Gasteiger partial charge in [-0.25, -0.2) is 0 Å². The SMILES string of the molecule is CCC1=CC=CC(C)(O)C1C. The number of hydrogen-bond donors (Lipinski definition) is 1. The first-order valence-corrected chi connectivity index (χ1v) is 4.18. The number of allylic oxidation sites excluding steroid dienone is 2. The summed E-state index contributed by atoms with van der Waals surface area (Å²) in [5.41, 5.74) is 0.692. The number of rotatable bonds is 1. The summed E-state index contributed by atoms with van der Waals surface area (Å²) >= 11 is 0. The van der Waals surface area contributed by atoms with E-state index < -0.39 is 5.60 Å². The van der Waals surface area contributed by atoms with Crippen molar-refractivity contribution in [2.75, 3.05) is 0 Å². The van der Waals surface area contributed by atoms with E-state index in [4.69, 9.17) is 0 Å². The van der Waals surface area contributed by atoms with Gasteiger partial charge in [0.05, 0.1) is 5.60 Å². The van der Waals surface area contributed by atoms with Gasteiger partial charge in [0.15, 0.2) is 0 Å². The van der Waals surface area contributed by atoms with E-state index in [1.807, 2.05) is 19.1 Å². The van der Waals surface area contributed by atoms with Gasteiger partial charge in [-0.05, 0) is 13.3 Å². The van der Waals surface area contributed by atoms with Crippen LogP contribution in [-0.4, -0.2) is 10.7 Å². The smallest absolute Gasteiger partial charge is 0.0865 e. The van der Waals surface area contributed by atoms with Crippen molar-refractivity contribution in [2.45, 2.75) is 32.8 Å². The lowest BCUT2D eigenvalue weighted by Gasteiger charge is -2.31. The third-order valence-electron chi connectivity index (χ3n) is 2.59. The Morgan fingerprint density at radius 2 is 2.27 bits per heavy atom. The second-order valence-electron chi connectivity index (χ2n) is 3.40. The fourth-order valence-electron chi connectivity index (χ4n) is 1.45. The van der Waals surface area contributed by atoms with E-state index >= 15 is 0 Å². The summed E-state index contributed by atoms with van der Waals surface area (Å²) in [7, 11) is 0. The minimum atomic E-state index is -0.639. The molecule has 1 aliphatic rings. The molecule has 0 aromatic carbocycles. The van der Waals surface area contributed by atoms with E-state index in [0.717, 1.165) is 6.42 Å². The second-order valence-corrected chi connectivity index (χ2v) is 3.40. The Morgan fingerprint density at radius 1 is 1.64 bits per heavy atom. The minimum Gasteiger partial charge on any atom is -0.385 e. The molecule has 0 amide bonds. The molecule has 0 saturated carbocycles. The van der Waals surface area contributed by atoms with Crippen LogP contribution in [0.2, 0.25) is 0 Å². The summed E-state index contributed by atoms with van der Waals surface area (Å²) in [6, 6.07) is 0. The Bertz CT molecular complexity index is 199. The lowest BCUT2D eigenvalue weighted by molar-refractivity contribution is 0.0669. The minimum absolute atomic E-state index is 0.262. The molecule has 1 aliphatic carbocycles. The van der Waals surface area contributed by atoms with Crippen LogP contribution >= 0.6 is 0 Å². The Morgan fingerprint density at radius 3 is 2.73 bits per heavy atom. The molecule has 11 heavy (non-hydrogen) atoms. The van der Waals surface area contributed by atoms with E-state index in [9.17, 15) is 5.11 Å². The zero-order chi connectivity index (χ0) is 8.48. The number of aliphatic hydroxyl groups is 1. The van der Waals surface area contributed by atoms with Gasteiger partial charge in [0.1, 0.15) is 0 Å². The van der Waals surface area contributed by atoms with Crippen LogP contribution in [0.5, 0.6) is 0 Å². The highest BCUT2D eigenvalue weighted by molar-refractivity contribution is 5.26. The summed E-state index contributed by atoms with van der Waals surface area (Å²) in [4.78, 5) is 0. The molecule has 0 aromatic rings. The van der Waals surface area contributed by atoms with Gasteiger partial charge in [-0.3, -0.25) is 0 Å². The van der Waals surface area contributed by atoms with Gasteiger partial charge >= 0.3 is 0 Å². The first-order chi connectivity index (χ1) is 5.08. The fourth-order valence-corrected chi connectivity index (χ4v) is 1.45.